The van der Waals surface area contributed by atoms with Crippen molar-refractivity contribution in [3.05, 3.63) is 48.4 Å². The fraction of sp³-hybridized carbons (Fsp3) is 0.278. The second kappa shape index (κ2) is 6.08. The standard InChI is InChI=1S/C18H20N4O3/c1-4-21-11-14(13-7-5-6-8-15(13)21)16(23)20-12-9-19-22(10-12)18(2,3)17(24)25/h5-11H,4H2,1-3H3,(H,20,23)(H,24,25). The van der Waals surface area contributed by atoms with Crippen molar-refractivity contribution in [1.82, 2.24) is 14.3 Å². The highest BCUT2D eigenvalue weighted by Crippen LogP contribution is 2.23. The van der Waals surface area contributed by atoms with Crippen molar-refractivity contribution in [2.24, 2.45) is 0 Å². The number of nitrogens with one attached hydrogen (secondary N) is 1. The van der Waals surface area contributed by atoms with Gasteiger partial charge in [-0.1, -0.05) is 18.2 Å². The first-order chi connectivity index (χ1) is 11.8. The summed E-state index contributed by atoms with van der Waals surface area (Å²) in [6.07, 6.45) is 4.79. The van der Waals surface area contributed by atoms with Crippen LogP contribution >= 0.6 is 0 Å². The molecule has 7 nitrogen and oxygen atoms in total. The number of amides is 1. The highest BCUT2D eigenvalue weighted by atomic mass is 16.4. The summed E-state index contributed by atoms with van der Waals surface area (Å²) in [4.78, 5) is 24.0. The molecule has 0 fully saturated rings. The smallest absolute Gasteiger partial charge is 0.331 e. The van der Waals surface area contributed by atoms with Gasteiger partial charge in [0.05, 0.1) is 17.4 Å². The van der Waals surface area contributed by atoms with E-state index in [-0.39, 0.29) is 5.91 Å². The van der Waals surface area contributed by atoms with E-state index in [2.05, 4.69) is 10.4 Å². The van der Waals surface area contributed by atoms with Crippen LogP contribution in [0.4, 0.5) is 5.69 Å². The first-order valence-electron chi connectivity index (χ1n) is 8.02. The number of aliphatic carboxylic acids is 1. The lowest BCUT2D eigenvalue weighted by atomic mass is 10.1. The first-order valence-corrected chi connectivity index (χ1v) is 8.02. The fourth-order valence-corrected chi connectivity index (χ4v) is 2.68. The van der Waals surface area contributed by atoms with Gasteiger partial charge in [-0.2, -0.15) is 5.10 Å². The molecule has 130 valence electrons. The number of rotatable bonds is 5. The van der Waals surface area contributed by atoms with Gasteiger partial charge in [0.1, 0.15) is 0 Å². The summed E-state index contributed by atoms with van der Waals surface area (Å²) in [5.41, 5.74) is 0.828. The fourth-order valence-electron chi connectivity index (χ4n) is 2.68. The van der Waals surface area contributed by atoms with E-state index >= 15 is 0 Å². The summed E-state index contributed by atoms with van der Waals surface area (Å²) in [5.74, 6) is -1.25. The van der Waals surface area contributed by atoms with Gasteiger partial charge in [0.2, 0.25) is 0 Å². The van der Waals surface area contributed by atoms with Crippen molar-refractivity contribution < 1.29 is 14.7 Å². The predicted octanol–water partition coefficient (Wildman–Crippen LogP) is 2.93. The summed E-state index contributed by atoms with van der Waals surface area (Å²) in [5, 5.41) is 17.0. The topological polar surface area (TPSA) is 89.2 Å². The van der Waals surface area contributed by atoms with Gasteiger partial charge >= 0.3 is 5.97 Å². The number of hydrogen-bond acceptors (Lipinski definition) is 3. The molecule has 0 spiro atoms. The summed E-state index contributed by atoms with van der Waals surface area (Å²) in [6.45, 7) is 5.87. The summed E-state index contributed by atoms with van der Waals surface area (Å²) in [6, 6.07) is 7.72. The van der Waals surface area contributed by atoms with E-state index in [0.717, 1.165) is 17.4 Å². The van der Waals surface area contributed by atoms with E-state index in [4.69, 9.17) is 0 Å². The number of nitrogens with zero attached hydrogens (tertiary/aromatic N) is 3. The molecule has 3 rings (SSSR count). The van der Waals surface area contributed by atoms with E-state index in [1.807, 2.05) is 42.0 Å². The zero-order valence-corrected chi connectivity index (χ0v) is 14.4. The van der Waals surface area contributed by atoms with Crippen molar-refractivity contribution >= 4 is 28.5 Å². The van der Waals surface area contributed by atoms with E-state index in [1.54, 1.807) is 13.8 Å². The second-order valence-corrected chi connectivity index (χ2v) is 6.34. The molecule has 0 atom stereocenters. The number of carbonyl (C=O) groups excluding carboxylic acids is 1. The van der Waals surface area contributed by atoms with Gasteiger partial charge < -0.3 is 15.0 Å². The molecule has 1 amide bonds. The normalized spacial score (nSPS) is 11.6. The van der Waals surface area contributed by atoms with E-state index in [1.165, 1.54) is 17.1 Å². The molecule has 25 heavy (non-hydrogen) atoms. The molecular weight excluding hydrogens is 320 g/mol. The quantitative estimate of drug-likeness (QED) is 0.747. The van der Waals surface area contributed by atoms with Crippen molar-refractivity contribution in [1.29, 1.82) is 0 Å². The number of anilines is 1. The van der Waals surface area contributed by atoms with Crippen LogP contribution in [0, 0.1) is 0 Å². The lowest BCUT2D eigenvalue weighted by Gasteiger charge is -2.19. The van der Waals surface area contributed by atoms with Crippen molar-refractivity contribution in [2.45, 2.75) is 32.9 Å². The Balaban J connectivity index is 1.89. The summed E-state index contributed by atoms with van der Waals surface area (Å²) >= 11 is 0. The van der Waals surface area contributed by atoms with Crippen LogP contribution < -0.4 is 5.32 Å². The van der Waals surface area contributed by atoms with Crippen LogP contribution in [0.3, 0.4) is 0 Å². The third-order valence-corrected chi connectivity index (χ3v) is 4.31. The lowest BCUT2D eigenvalue weighted by molar-refractivity contribution is -0.146. The molecule has 2 heterocycles. The van der Waals surface area contributed by atoms with Gasteiger partial charge in [0, 0.05) is 29.8 Å². The third-order valence-electron chi connectivity index (χ3n) is 4.31. The van der Waals surface area contributed by atoms with Crippen molar-refractivity contribution in [3.63, 3.8) is 0 Å². The number of carboxylic acid groups (broad SMARTS) is 1. The van der Waals surface area contributed by atoms with Crippen LogP contribution in [0.5, 0.6) is 0 Å². The van der Waals surface area contributed by atoms with Crippen molar-refractivity contribution in [2.75, 3.05) is 5.32 Å². The molecule has 0 aliphatic rings. The van der Waals surface area contributed by atoms with E-state index in [0.29, 0.717) is 11.3 Å². The number of benzene rings is 1. The average molecular weight is 340 g/mol. The molecule has 0 saturated heterocycles. The molecule has 0 aliphatic heterocycles. The number of carboxylic acids is 1. The summed E-state index contributed by atoms with van der Waals surface area (Å²) < 4.78 is 3.33. The largest absolute Gasteiger partial charge is 0.479 e. The van der Waals surface area contributed by atoms with Crippen LogP contribution in [0.1, 0.15) is 31.1 Å². The molecule has 0 aliphatic carbocycles. The van der Waals surface area contributed by atoms with Crippen molar-refractivity contribution in [3.8, 4) is 0 Å². The van der Waals surface area contributed by atoms with Gasteiger partial charge in [-0.05, 0) is 26.8 Å². The maximum atomic E-state index is 12.7. The van der Waals surface area contributed by atoms with E-state index < -0.39 is 11.5 Å². The van der Waals surface area contributed by atoms with Gasteiger partial charge in [0.25, 0.3) is 5.91 Å². The molecule has 0 unspecified atom stereocenters. The Morgan fingerprint density at radius 1 is 1.24 bits per heavy atom. The number of aromatic nitrogens is 3. The molecule has 1 aromatic carbocycles. The number of aryl methyl sites for hydroxylation is 1. The van der Waals surface area contributed by atoms with Crippen LogP contribution in [0.2, 0.25) is 0 Å². The van der Waals surface area contributed by atoms with Crippen LogP contribution in [0.25, 0.3) is 10.9 Å². The molecule has 2 N–H and O–H groups in total. The molecular formula is C18H20N4O3. The van der Waals surface area contributed by atoms with Crippen LogP contribution in [0.15, 0.2) is 42.9 Å². The number of carbonyl (C=O) groups is 2. The predicted molar refractivity (Wildman–Crippen MR) is 94.8 cm³/mol. The van der Waals surface area contributed by atoms with Crippen LogP contribution in [-0.2, 0) is 16.9 Å². The minimum Gasteiger partial charge on any atom is -0.479 e. The monoisotopic (exact) mass is 340 g/mol. The van der Waals surface area contributed by atoms with Gasteiger partial charge in [-0.25, -0.2) is 4.79 Å². The second-order valence-electron chi connectivity index (χ2n) is 6.34. The molecule has 7 heteroatoms. The zero-order chi connectivity index (χ0) is 18.2. The maximum absolute atomic E-state index is 12.7. The minimum atomic E-state index is -1.19. The maximum Gasteiger partial charge on any atom is 0.331 e. The SMILES string of the molecule is CCn1cc(C(=O)Nc2cnn(C(C)(C)C(=O)O)c2)c2ccccc21. The molecule has 0 saturated carbocycles. The van der Waals surface area contributed by atoms with Crippen LogP contribution in [-0.4, -0.2) is 31.3 Å². The lowest BCUT2D eigenvalue weighted by Crippen LogP contribution is -2.35. The Hall–Kier alpha value is -3.09. The highest BCUT2D eigenvalue weighted by molar-refractivity contribution is 6.12. The minimum absolute atomic E-state index is 0.254. The van der Waals surface area contributed by atoms with Gasteiger partial charge in [-0.15, -0.1) is 0 Å². The Morgan fingerprint density at radius 2 is 1.96 bits per heavy atom. The summed E-state index contributed by atoms with van der Waals surface area (Å²) in [7, 11) is 0. The highest BCUT2D eigenvalue weighted by Gasteiger charge is 2.30. The molecule has 0 bridgehead atoms. The Bertz CT molecular complexity index is 952. The zero-order valence-electron chi connectivity index (χ0n) is 14.4. The Morgan fingerprint density at radius 3 is 2.64 bits per heavy atom. The number of hydrogen-bond donors (Lipinski definition) is 2. The number of para-hydroxylation sites is 1. The average Bonchev–Trinajstić information content (AvgIpc) is 3.19. The molecule has 3 aromatic rings. The third kappa shape index (κ3) is 2.88. The molecule has 0 radical (unpaired) electrons. The van der Waals surface area contributed by atoms with Gasteiger partial charge in [0.15, 0.2) is 5.54 Å². The Kier molecular flexibility index (Phi) is 4.08. The van der Waals surface area contributed by atoms with Gasteiger partial charge in [-0.3, -0.25) is 9.48 Å². The first kappa shape index (κ1) is 16.8. The molecule has 2 aromatic heterocycles. The number of fused-ring (bicyclic) bond motifs is 1. The Labute approximate surface area is 144 Å². The van der Waals surface area contributed by atoms with E-state index in [9.17, 15) is 14.7 Å².